The molecule has 0 aliphatic heterocycles. The maximum absolute atomic E-state index is 11.7. The normalized spacial score (nSPS) is 10.3. The first-order valence-corrected chi connectivity index (χ1v) is 4.83. The average Bonchev–Trinajstić information content (AvgIpc) is 2.64. The molecule has 84 valence electrons. The number of nitrogens with one attached hydrogen (secondary N) is 3. The van der Waals surface area contributed by atoms with Gasteiger partial charge in [0.25, 0.3) is 5.91 Å². The molecule has 0 saturated carbocycles. The van der Waals surface area contributed by atoms with Crippen LogP contribution in [0.3, 0.4) is 0 Å². The molecule has 0 aliphatic carbocycles. The predicted octanol–water partition coefficient (Wildman–Crippen LogP) is -0.615. The maximum atomic E-state index is 11.7. The molecule has 0 fully saturated rings. The highest BCUT2D eigenvalue weighted by Crippen LogP contribution is 1.96. The van der Waals surface area contributed by atoms with Crippen LogP contribution in [0.1, 0.15) is 16.9 Å². The number of aromatic amines is 2. The van der Waals surface area contributed by atoms with Gasteiger partial charge in [0.2, 0.25) is 0 Å². The van der Waals surface area contributed by atoms with Crippen molar-refractivity contribution in [2.45, 2.75) is 6.42 Å². The smallest absolute Gasteiger partial charge is 0.323 e. The lowest BCUT2D eigenvalue weighted by Crippen LogP contribution is -2.29. The lowest BCUT2D eigenvalue weighted by Gasteiger charge is -2.15. The van der Waals surface area contributed by atoms with E-state index in [1.54, 1.807) is 11.9 Å². The van der Waals surface area contributed by atoms with Crippen LogP contribution in [-0.4, -0.2) is 48.0 Å². The van der Waals surface area contributed by atoms with Crippen LogP contribution in [0.4, 0.5) is 0 Å². The Bertz CT molecular complexity index is 368. The highest BCUT2D eigenvalue weighted by molar-refractivity contribution is 5.91. The van der Waals surface area contributed by atoms with Crippen molar-refractivity contribution in [1.29, 1.82) is 0 Å². The third kappa shape index (κ3) is 3.25. The number of nitrogens with zero attached hydrogens (tertiary/aromatic N) is 1. The Hall–Kier alpha value is -1.56. The van der Waals surface area contributed by atoms with E-state index in [2.05, 4.69) is 15.3 Å². The molecule has 1 heterocycles. The van der Waals surface area contributed by atoms with E-state index >= 15 is 0 Å². The van der Waals surface area contributed by atoms with Crippen molar-refractivity contribution in [3.05, 3.63) is 22.4 Å². The minimum absolute atomic E-state index is 0.176. The molecule has 0 unspecified atom stereocenters. The fraction of sp³-hybridized carbons (Fsp3) is 0.556. The van der Waals surface area contributed by atoms with Gasteiger partial charge in [0.1, 0.15) is 5.69 Å². The van der Waals surface area contributed by atoms with E-state index in [-0.39, 0.29) is 11.6 Å². The Morgan fingerprint density at radius 3 is 2.87 bits per heavy atom. The van der Waals surface area contributed by atoms with E-state index in [1.165, 1.54) is 6.20 Å². The molecule has 0 bridgehead atoms. The van der Waals surface area contributed by atoms with Crippen molar-refractivity contribution in [3.8, 4) is 0 Å². The van der Waals surface area contributed by atoms with Crippen LogP contribution in [-0.2, 0) is 0 Å². The second kappa shape index (κ2) is 5.35. The Balaban J connectivity index is 2.49. The summed E-state index contributed by atoms with van der Waals surface area (Å²) in [6.07, 6.45) is 2.27. The molecule has 0 aliphatic rings. The second-order valence-corrected chi connectivity index (χ2v) is 3.34. The van der Waals surface area contributed by atoms with E-state index in [4.69, 9.17) is 0 Å². The number of amides is 1. The van der Waals surface area contributed by atoms with E-state index in [9.17, 15) is 9.59 Å². The van der Waals surface area contributed by atoms with Crippen LogP contribution in [0.2, 0.25) is 0 Å². The maximum Gasteiger partial charge on any atom is 0.323 e. The number of hydrogen-bond acceptors (Lipinski definition) is 3. The third-order valence-corrected chi connectivity index (χ3v) is 2.09. The first kappa shape index (κ1) is 11.5. The highest BCUT2D eigenvalue weighted by Gasteiger charge is 2.12. The molecular formula is C9H16N4O2. The first-order chi connectivity index (χ1) is 7.15. The van der Waals surface area contributed by atoms with E-state index in [1.807, 2.05) is 7.05 Å². The van der Waals surface area contributed by atoms with Crippen molar-refractivity contribution in [2.75, 3.05) is 27.2 Å². The number of H-pyrrole nitrogens is 2. The lowest BCUT2D eigenvalue weighted by molar-refractivity contribution is 0.0788. The van der Waals surface area contributed by atoms with E-state index < -0.39 is 0 Å². The van der Waals surface area contributed by atoms with Crippen LogP contribution in [0.5, 0.6) is 0 Å². The zero-order valence-electron chi connectivity index (χ0n) is 8.96. The van der Waals surface area contributed by atoms with Crippen LogP contribution in [0.15, 0.2) is 11.0 Å². The van der Waals surface area contributed by atoms with Crippen molar-refractivity contribution in [3.63, 3.8) is 0 Å². The molecule has 0 atom stereocenters. The number of carbonyl (C=O) groups excluding carboxylic acids is 1. The SMILES string of the molecule is CNCCCN(C)C(=O)c1c[nH]c(=O)[nH]1. The monoisotopic (exact) mass is 212 g/mol. The second-order valence-electron chi connectivity index (χ2n) is 3.34. The molecular weight excluding hydrogens is 196 g/mol. The van der Waals surface area contributed by atoms with Crippen LogP contribution in [0, 0.1) is 0 Å². The summed E-state index contributed by atoms with van der Waals surface area (Å²) in [5, 5.41) is 3.00. The van der Waals surface area contributed by atoms with Gasteiger partial charge in [0, 0.05) is 19.8 Å². The average molecular weight is 212 g/mol. The van der Waals surface area contributed by atoms with Gasteiger partial charge in [-0.1, -0.05) is 0 Å². The molecule has 0 saturated heterocycles. The summed E-state index contributed by atoms with van der Waals surface area (Å²) in [6.45, 7) is 1.52. The van der Waals surface area contributed by atoms with Gasteiger partial charge in [0.05, 0.1) is 0 Å². The molecule has 6 heteroatoms. The van der Waals surface area contributed by atoms with Crippen molar-refractivity contribution in [2.24, 2.45) is 0 Å². The quantitative estimate of drug-likeness (QED) is 0.569. The molecule has 0 aromatic carbocycles. The molecule has 1 amide bonds. The fourth-order valence-electron chi connectivity index (χ4n) is 1.25. The third-order valence-electron chi connectivity index (χ3n) is 2.09. The number of imidazole rings is 1. The van der Waals surface area contributed by atoms with Crippen molar-refractivity contribution >= 4 is 5.91 Å². The van der Waals surface area contributed by atoms with Crippen molar-refractivity contribution < 1.29 is 4.79 Å². The van der Waals surface area contributed by atoms with Crippen LogP contribution < -0.4 is 11.0 Å². The molecule has 0 spiro atoms. The van der Waals surface area contributed by atoms with Gasteiger partial charge in [0.15, 0.2) is 0 Å². The molecule has 1 aromatic rings. The molecule has 3 N–H and O–H groups in total. The Morgan fingerprint density at radius 1 is 1.60 bits per heavy atom. The largest absolute Gasteiger partial charge is 0.340 e. The van der Waals surface area contributed by atoms with Crippen LogP contribution in [0.25, 0.3) is 0 Å². The number of carbonyl (C=O) groups is 1. The van der Waals surface area contributed by atoms with Gasteiger partial charge in [-0.3, -0.25) is 4.79 Å². The molecule has 6 nitrogen and oxygen atoms in total. The van der Waals surface area contributed by atoms with Crippen LogP contribution >= 0.6 is 0 Å². The minimum Gasteiger partial charge on any atom is -0.340 e. The van der Waals surface area contributed by atoms with Gasteiger partial charge in [-0.05, 0) is 20.0 Å². The van der Waals surface area contributed by atoms with Gasteiger partial charge in [-0.25, -0.2) is 4.79 Å². The summed E-state index contributed by atoms with van der Waals surface area (Å²) in [4.78, 5) is 28.9. The number of hydrogen-bond donors (Lipinski definition) is 3. The van der Waals surface area contributed by atoms with Gasteiger partial charge < -0.3 is 20.2 Å². The van der Waals surface area contributed by atoms with Gasteiger partial charge in [-0.15, -0.1) is 0 Å². The standard InChI is InChI=1S/C9H16N4O2/c1-10-4-3-5-13(2)8(14)7-6-11-9(15)12-7/h6,10H,3-5H2,1-2H3,(H2,11,12,15). The lowest BCUT2D eigenvalue weighted by atomic mass is 10.3. The summed E-state index contributed by atoms with van der Waals surface area (Å²) >= 11 is 0. The zero-order valence-corrected chi connectivity index (χ0v) is 8.96. The van der Waals surface area contributed by atoms with E-state index in [0.717, 1.165) is 13.0 Å². The van der Waals surface area contributed by atoms with Crippen molar-refractivity contribution in [1.82, 2.24) is 20.2 Å². The topological polar surface area (TPSA) is 81.0 Å². The summed E-state index contributed by atoms with van der Waals surface area (Å²) in [6, 6.07) is 0. The summed E-state index contributed by atoms with van der Waals surface area (Å²) in [5.41, 5.74) is -0.0612. The Labute approximate surface area is 87.7 Å². The Kier molecular flexibility index (Phi) is 4.11. The number of rotatable bonds is 5. The summed E-state index contributed by atoms with van der Waals surface area (Å²) in [7, 11) is 3.58. The predicted molar refractivity (Wildman–Crippen MR) is 56.9 cm³/mol. The Morgan fingerprint density at radius 2 is 2.33 bits per heavy atom. The zero-order chi connectivity index (χ0) is 11.3. The first-order valence-electron chi connectivity index (χ1n) is 4.83. The highest BCUT2D eigenvalue weighted by atomic mass is 16.2. The van der Waals surface area contributed by atoms with Gasteiger partial charge >= 0.3 is 5.69 Å². The molecule has 1 rings (SSSR count). The molecule has 15 heavy (non-hydrogen) atoms. The number of aromatic nitrogens is 2. The molecule has 1 aromatic heterocycles. The summed E-state index contributed by atoms with van der Waals surface area (Å²) < 4.78 is 0. The molecule has 0 radical (unpaired) electrons. The fourth-order valence-corrected chi connectivity index (χ4v) is 1.25. The van der Waals surface area contributed by atoms with Gasteiger partial charge in [-0.2, -0.15) is 0 Å². The minimum atomic E-state index is -0.359. The summed E-state index contributed by atoms with van der Waals surface area (Å²) in [5.74, 6) is -0.176. The van der Waals surface area contributed by atoms with E-state index in [0.29, 0.717) is 12.2 Å².